The van der Waals surface area contributed by atoms with Gasteiger partial charge in [0, 0.05) is 0 Å². The third-order valence-electron chi connectivity index (χ3n) is 2.89. The Hall–Kier alpha value is -1.32. The van der Waals surface area contributed by atoms with E-state index in [-0.39, 0.29) is 19.6 Å². The van der Waals surface area contributed by atoms with Crippen LogP contribution in [0.25, 0.3) is 0 Å². The lowest BCUT2D eigenvalue weighted by Crippen LogP contribution is -2.42. The van der Waals surface area contributed by atoms with Crippen LogP contribution in [0, 0.1) is 5.41 Å². The maximum atomic E-state index is 12.3. The second-order valence-corrected chi connectivity index (χ2v) is 4.76. The third kappa shape index (κ3) is 5.05. The van der Waals surface area contributed by atoms with Gasteiger partial charge in [-0.3, -0.25) is 9.59 Å². The van der Waals surface area contributed by atoms with Gasteiger partial charge in [-0.15, -0.1) is 6.58 Å². The highest BCUT2D eigenvalue weighted by atomic mass is 16.6. The molecule has 0 saturated heterocycles. The zero-order valence-corrected chi connectivity index (χ0v) is 12.6. The summed E-state index contributed by atoms with van der Waals surface area (Å²) in [6, 6.07) is 0. The summed E-state index contributed by atoms with van der Waals surface area (Å²) >= 11 is 0. The predicted molar refractivity (Wildman–Crippen MR) is 74.7 cm³/mol. The molecule has 0 aromatic carbocycles. The summed E-state index contributed by atoms with van der Waals surface area (Å²) in [7, 11) is 0. The molecule has 0 amide bonds. The van der Waals surface area contributed by atoms with E-state index in [0.717, 1.165) is 18.4 Å². The molecule has 0 spiro atoms. The standard InChI is InChI=1S/C15H26O4/c1-6-9-10-15(11-12(4)5,13(16)18-7-2)14(17)19-8-3/h4,6-11H2,1-3,5H3. The van der Waals surface area contributed by atoms with E-state index in [9.17, 15) is 9.59 Å². The van der Waals surface area contributed by atoms with Crippen molar-refractivity contribution in [2.45, 2.75) is 53.4 Å². The summed E-state index contributed by atoms with van der Waals surface area (Å²) in [6.45, 7) is 11.6. The van der Waals surface area contributed by atoms with Gasteiger partial charge in [-0.2, -0.15) is 0 Å². The van der Waals surface area contributed by atoms with Crippen LogP contribution in [-0.4, -0.2) is 25.2 Å². The average Bonchev–Trinajstić information content (AvgIpc) is 2.34. The summed E-state index contributed by atoms with van der Waals surface area (Å²) in [6.07, 6.45) is 2.39. The van der Waals surface area contributed by atoms with Crippen LogP contribution in [0.5, 0.6) is 0 Å². The summed E-state index contributed by atoms with van der Waals surface area (Å²) in [5.74, 6) is -0.991. The highest BCUT2D eigenvalue weighted by Crippen LogP contribution is 2.35. The molecular weight excluding hydrogens is 244 g/mol. The number of rotatable bonds is 9. The molecule has 0 atom stereocenters. The van der Waals surface area contributed by atoms with E-state index in [2.05, 4.69) is 6.58 Å². The molecule has 4 heteroatoms. The number of hydrogen-bond donors (Lipinski definition) is 0. The van der Waals surface area contributed by atoms with E-state index >= 15 is 0 Å². The maximum absolute atomic E-state index is 12.3. The van der Waals surface area contributed by atoms with Gasteiger partial charge in [0.1, 0.15) is 0 Å². The van der Waals surface area contributed by atoms with Crippen molar-refractivity contribution in [3.8, 4) is 0 Å². The Labute approximate surface area is 116 Å². The van der Waals surface area contributed by atoms with Crippen molar-refractivity contribution in [2.24, 2.45) is 5.41 Å². The SMILES string of the molecule is C=C(C)CC(CCCC)(C(=O)OCC)C(=O)OCC. The third-order valence-corrected chi connectivity index (χ3v) is 2.89. The molecule has 0 aromatic heterocycles. The molecule has 19 heavy (non-hydrogen) atoms. The molecule has 0 saturated carbocycles. The van der Waals surface area contributed by atoms with Gasteiger partial charge in [0.2, 0.25) is 0 Å². The largest absolute Gasteiger partial charge is 0.465 e. The van der Waals surface area contributed by atoms with Gasteiger partial charge in [0.25, 0.3) is 0 Å². The smallest absolute Gasteiger partial charge is 0.323 e. The number of esters is 2. The Morgan fingerprint density at radius 2 is 1.53 bits per heavy atom. The van der Waals surface area contributed by atoms with Crippen LogP contribution in [0.4, 0.5) is 0 Å². The highest BCUT2D eigenvalue weighted by Gasteiger charge is 2.48. The Morgan fingerprint density at radius 3 is 1.84 bits per heavy atom. The normalized spacial score (nSPS) is 10.9. The quantitative estimate of drug-likeness (QED) is 0.366. The predicted octanol–water partition coefficient (Wildman–Crippen LogP) is 3.26. The van der Waals surface area contributed by atoms with Crippen molar-refractivity contribution in [3.63, 3.8) is 0 Å². The number of allylic oxidation sites excluding steroid dienone is 1. The molecule has 110 valence electrons. The lowest BCUT2D eigenvalue weighted by Gasteiger charge is -2.29. The first-order valence-electron chi connectivity index (χ1n) is 6.93. The molecule has 0 heterocycles. The van der Waals surface area contributed by atoms with Crippen LogP contribution in [0.15, 0.2) is 12.2 Å². The van der Waals surface area contributed by atoms with E-state index in [1.807, 2.05) is 6.92 Å². The fourth-order valence-corrected chi connectivity index (χ4v) is 2.05. The van der Waals surface area contributed by atoms with E-state index in [1.165, 1.54) is 0 Å². The minimum Gasteiger partial charge on any atom is -0.465 e. The molecule has 0 aliphatic heterocycles. The molecule has 0 unspecified atom stereocenters. The van der Waals surface area contributed by atoms with Crippen molar-refractivity contribution < 1.29 is 19.1 Å². The minimum atomic E-state index is -1.23. The number of hydrogen-bond acceptors (Lipinski definition) is 4. The van der Waals surface area contributed by atoms with E-state index in [0.29, 0.717) is 6.42 Å². The molecule has 0 aliphatic carbocycles. The molecular formula is C15H26O4. The fourth-order valence-electron chi connectivity index (χ4n) is 2.05. The maximum Gasteiger partial charge on any atom is 0.323 e. The number of carbonyl (C=O) groups excluding carboxylic acids is 2. The summed E-state index contributed by atoms with van der Waals surface area (Å²) < 4.78 is 10.2. The van der Waals surface area contributed by atoms with E-state index < -0.39 is 17.4 Å². The molecule has 0 aliphatic rings. The van der Waals surface area contributed by atoms with Gasteiger partial charge in [0.15, 0.2) is 5.41 Å². The molecule has 4 nitrogen and oxygen atoms in total. The molecule has 0 radical (unpaired) electrons. The van der Waals surface area contributed by atoms with Crippen LogP contribution in [0.2, 0.25) is 0 Å². The first-order chi connectivity index (χ1) is 8.94. The van der Waals surface area contributed by atoms with Crippen LogP contribution >= 0.6 is 0 Å². The van der Waals surface area contributed by atoms with Gasteiger partial charge in [-0.05, 0) is 33.6 Å². The number of ether oxygens (including phenoxy) is 2. The zero-order chi connectivity index (χ0) is 14.9. The Kier molecular flexibility index (Phi) is 8.12. The Bertz CT molecular complexity index is 302. The minimum absolute atomic E-state index is 0.252. The molecule has 0 aromatic rings. The van der Waals surface area contributed by atoms with E-state index in [1.54, 1.807) is 20.8 Å². The van der Waals surface area contributed by atoms with Crippen LogP contribution in [0.1, 0.15) is 53.4 Å². The number of unbranched alkanes of at least 4 members (excludes halogenated alkanes) is 1. The van der Waals surface area contributed by atoms with Crippen LogP contribution in [0.3, 0.4) is 0 Å². The van der Waals surface area contributed by atoms with Gasteiger partial charge in [0.05, 0.1) is 13.2 Å². The van der Waals surface area contributed by atoms with Gasteiger partial charge >= 0.3 is 11.9 Å². The Balaban J connectivity index is 5.35. The number of carbonyl (C=O) groups is 2. The van der Waals surface area contributed by atoms with Crippen molar-refractivity contribution in [3.05, 3.63) is 12.2 Å². The van der Waals surface area contributed by atoms with Gasteiger partial charge in [-0.1, -0.05) is 25.3 Å². The van der Waals surface area contributed by atoms with Crippen molar-refractivity contribution in [1.82, 2.24) is 0 Å². The second-order valence-electron chi connectivity index (χ2n) is 4.76. The molecule has 0 bridgehead atoms. The molecule has 0 fully saturated rings. The van der Waals surface area contributed by atoms with Gasteiger partial charge < -0.3 is 9.47 Å². The summed E-state index contributed by atoms with van der Waals surface area (Å²) in [4.78, 5) is 24.5. The molecule has 0 N–H and O–H groups in total. The molecule has 0 rings (SSSR count). The lowest BCUT2D eigenvalue weighted by atomic mass is 9.77. The average molecular weight is 270 g/mol. The van der Waals surface area contributed by atoms with Crippen molar-refractivity contribution >= 4 is 11.9 Å². The van der Waals surface area contributed by atoms with Crippen molar-refractivity contribution in [2.75, 3.05) is 13.2 Å². The monoisotopic (exact) mass is 270 g/mol. The first kappa shape index (κ1) is 17.7. The van der Waals surface area contributed by atoms with E-state index in [4.69, 9.17) is 9.47 Å². The second kappa shape index (κ2) is 8.73. The highest BCUT2D eigenvalue weighted by molar-refractivity contribution is 6.00. The summed E-state index contributed by atoms with van der Waals surface area (Å²) in [5.41, 5.74) is -0.453. The fraction of sp³-hybridized carbons (Fsp3) is 0.733. The van der Waals surface area contributed by atoms with Crippen LogP contribution in [-0.2, 0) is 19.1 Å². The van der Waals surface area contributed by atoms with Crippen molar-refractivity contribution in [1.29, 1.82) is 0 Å². The topological polar surface area (TPSA) is 52.6 Å². The Morgan fingerprint density at radius 1 is 1.05 bits per heavy atom. The van der Waals surface area contributed by atoms with Crippen LogP contribution < -0.4 is 0 Å². The first-order valence-corrected chi connectivity index (χ1v) is 6.93. The lowest BCUT2D eigenvalue weighted by molar-refractivity contribution is -0.172. The van der Waals surface area contributed by atoms with Gasteiger partial charge in [-0.25, -0.2) is 0 Å². The summed E-state index contributed by atoms with van der Waals surface area (Å²) in [5, 5.41) is 0. The zero-order valence-electron chi connectivity index (χ0n) is 12.6.